The lowest BCUT2D eigenvalue weighted by Crippen LogP contribution is -2.21. The van der Waals surface area contributed by atoms with Gasteiger partial charge >= 0.3 is 5.97 Å². The summed E-state index contributed by atoms with van der Waals surface area (Å²) < 4.78 is 11.3. The molecule has 0 aliphatic rings. The normalized spacial score (nSPS) is 11.8. The Morgan fingerprint density at radius 1 is 0.774 bits per heavy atom. The number of esters is 1. The van der Waals surface area contributed by atoms with Crippen LogP contribution in [0.4, 0.5) is 0 Å². The van der Waals surface area contributed by atoms with Crippen LogP contribution in [0.25, 0.3) is 11.1 Å². The van der Waals surface area contributed by atoms with E-state index in [2.05, 4.69) is 50.2 Å². The Balaban J connectivity index is 1.72. The highest BCUT2D eigenvalue weighted by Gasteiger charge is 2.10. The molecule has 170 valence electrons. The molecule has 2 aromatic carbocycles. The summed E-state index contributed by atoms with van der Waals surface area (Å²) in [7, 11) is 0. The van der Waals surface area contributed by atoms with Gasteiger partial charge in [0.2, 0.25) is 0 Å². The molecule has 2 aromatic rings. The maximum Gasteiger partial charge on any atom is 0.306 e. The molecular formula is C28H40O3. The second kappa shape index (κ2) is 14.7. The Morgan fingerprint density at radius 3 is 2.00 bits per heavy atom. The molecular weight excluding hydrogens is 384 g/mol. The van der Waals surface area contributed by atoms with Gasteiger partial charge < -0.3 is 9.47 Å². The second-order valence-electron chi connectivity index (χ2n) is 8.45. The molecule has 0 radical (unpaired) electrons. The Morgan fingerprint density at radius 2 is 1.35 bits per heavy atom. The van der Waals surface area contributed by atoms with E-state index in [9.17, 15) is 4.79 Å². The molecule has 0 bridgehead atoms. The van der Waals surface area contributed by atoms with E-state index in [1.165, 1.54) is 55.2 Å². The van der Waals surface area contributed by atoms with Crippen molar-refractivity contribution in [2.75, 3.05) is 6.61 Å². The van der Waals surface area contributed by atoms with Gasteiger partial charge in [-0.1, -0.05) is 88.8 Å². The summed E-state index contributed by atoms with van der Waals surface area (Å²) in [5.74, 6) is 0.670. The van der Waals surface area contributed by atoms with Crippen LogP contribution in [0.2, 0.25) is 0 Å². The van der Waals surface area contributed by atoms with Crippen LogP contribution in [0.1, 0.15) is 84.1 Å². The predicted molar refractivity (Wildman–Crippen MR) is 130 cm³/mol. The van der Waals surface area contributed by atoms with Crippen LogP contribution in [-0.4, -0.2) is 18.7 Å². The van der Waals surface area contributed by atoms with E-state index in [1.807, 2.05) is 19.1 Å². The van der Waals surface area contributed by atoms with Crippen molar-refractivity contribution in [3.05, 3.63) is 54.1 Å². The lowest BCUT2D eigenvalue weighted by Gasteiger charge is -2.15. The van der Waals surface area contributed by atoms with Gasteiger partial charge in [-0.05, 0) is 55.0 Å². The van der Waals surface area contributed by atoms with E-state index < -0.39 is 0 Å². The fourth-order valence-corrected chi connectivity index (χ4v) is 3.59. The zero-order valence-corrected chi connectivity index (χ0v) is 19.7. The van der Waals surface area contributed by atoms with Gasteiger partial charge in [0, 0.05) is 6.42 Å². The number of hydrogen-bond donors (Lipinski definition) is 0. The Hall–Kier alpha value is -2.29. The minimum absolute atomic E-state index is 0.124. The highest BCUT2D eigenvalue weighted by Crippen LogP contribution is 2.23. The van der Waals surface area contributed by atoms with Gasteiger partial charge in [0.25, 0.3) is 0 Å². The molecule has 0 fully saturated rings. The van der Waals surface area contributed by atoms with E-state index >= 15 is 0 Å². The predicted octanol–water partition coefficient (Wildman–Crippen LogP) is 7.76. The highest BCUT2D eigenvalue weighted by atomic mass is 16.6. The first-order chi connectivity index (χ1) is 15.1. The molecule has 1 atom stereocenters. The third kappa shape index (κ3) is 10.0. The van der Waals surface area contributed by atoms with Crippen molar-refractivity contribution in [1.29, 1.82) is 0 Å². The first-order valence-electron chi connectivity index (χ1n) is 12.1. The smallest absolute Gasteiger partial charge is 0.306 e. The number of carbonyl (C=O) groups excluding carboxylic acids is 1. The topological polar surface area (TPSA) is 35.5 Å². The number of aryl methyl sites for hydroxylation is 1. The zero-order chi connectivity index (χ0) is 22.3. The molecule has 3 nitrogen and oxygen atoms in total. The third-order valence-corrected chi connectivity index (χ3v) is 5.51. The van der Waals surface area contributed by atoms with Gasteiger partial charge in [0.15, 0.2) is 0 Å². The second-order valence-corrected chi connectivity index (χ2v) is 8.45. The van der Waals surface area contributed by atoms with E-state index in [-0.39, 0.29) is 12.1 Å². The molecule has 3 heteroatoms. The van der Waals surface area contributed by atoms with Crippen molar-refractivity contribution in [1.82, 2.24) is 0 Å². The Labute approximate surface area is 189 Å². The van der Waals surface area contributed by atoms with Crippen LogP contribution >= 0.6 is 0 Å². The fraction of sp³-hybridized carbons (Fsp3) is 0.536. The number of benzene rings is 2. The lowest BCUT2D eigenvalue weighted by molar-refractivity contribution is -0.149. The fourth-order valence-electron chi connectivity index (χ4n) is 3.59. The largest absolute Gasteiger partial charge is 0.490 e. The van der Waals surface area contributed by atoms with Crippen LogP contribution in [0.15, 0.2) is 48.5 Å². The van der Waals surface area contributed by atoms with E-state index in [0.717, 1.165) is 25.0 Å². The molecule has 0 spiro atoms. The minimum Gasteiger partial charge on any atom is -0.490 e. The maximum atomic E-state index is 11.9. The lowest BCUT2D eigenvalue weighted by atomic mass is 10.0. The summed E-state index contributed by atoms with van der Waals surface area (Å²) in [6.45, 7) is 6.68. The van der Waals surface area contributed by atoms with Crippen LogP contribution in [-0.2, 0) is 16.0 Å². The van der Waals surface area contributed by atoms with E-state index in [1.54, 1.807) is 0 Å². The molecule has 0 amide bonds. The van der Waals surface area contributed by atoms with Crippen LogP contribution < -0.4 is 4.74 Å². The van der Waals surface area contributed by atoms with E-state index in [4.69, 9.17) is 9.47 Å². The molecule has 0 aliphatic carbocycles. The zero-order valence-electron chi connectivity index (χ0n) is 19.7. The van der Waals surface area contributed by atoms with Crippen molar-refractivity contribution >= 4 is 5.97 Å². The number of carbonyl (C=O) groups is 1. The van der Waals surface area contributed by atoms with Gasteiger partial charge in [-0.15, -0.1) is 0 Å². The average Bonchev–Trinajstić information content (AvgIpc) is 2.78. The average molecular weight is 425 g/mol. The molecule has 0 saturated carbocycles. The SMILES string of the molecule is CCCCCCCC(=O)OC(C)COc1ccc(-c2ccc(CCCCC)cc2)cc1. The van der Waals surface area contributed by atoms with Crippen molar-refractivity contribution in [2.45, 2.75) is 91.1 Å². The molecule has 0 N–H and O–H groups in total. The first-order valence-corrected chi connectivity index (χ1v) is 12.1. The summed E-state index contributed by atoms with van der Waals surface area (Å²) in [6, 6.07) is 17.0. The van der Waals surface area contributed by atoms with Crippen molar-refractivity contribution in [3.8, 4) is 16.9 Å². The number of rotatable bonds is 15. The molecule has 0 aromatic heterocycles. The molecule has 0 aliphatic heterocycles. The highest BCUT2D eigenvalue weighted by molar-refractivity contribution is 5.69. The molecule has 1 unspecified atom stereocenters. The first kappa shape index (κ1) is 25.0. The monoisotopic (exact) mass is 424 g/mol. The quantitative estimate of drug-likeness (QED) is 0.216. The number of ether oxygens (including phenoxy) is 2. The maximum absolute atomic E-state index is 11.9. The number of hydrogen-bond acceptors (Lipinski definition) is 3. The van der Waals surface area contributed by atoms with Crippen molar-refractivity contribution in [2.24, 2.45) is 0 Å². The summed E-state index contributed by atoms with van der Waals surface area (Å²) in [4.78, 5) is 11.9. The van der Waals surface area contributed by atoms with Crippen LogP contribution in [0, 0.1) is 0 Å². The van der Waals surface area contributed by atoms with Crippen LogP contribution in [0.5, 0.6) is 5.75 Å². The van der Waals surface area contributed by atoms with Gasteiger partial charge in [-0.3, -0.25) is 4.79 Å². The molecule has 0 saturated heterocycles. The molecule has 0 heterocycles. The standard InChI is InChI=1S/C28H40O3/c1-4-6-8-9-11-13-28(29)31-23(3)22-30-27-20-18-26(19-21-27)25-16-14-24(15-17-25)12-10-7-5-2/h14-21,23H,4-13,22H2,1-3H3. The summed E-state index contributed by atoms with van der Waals surface area (Å²) in [5, 5.41) is 0. The van der Waals surface area contributed by atoms with Gasteiger partial charge in [-0.2, -0.15) is 0 Å². The summed E-state index contributed by atoms with van der Waals surface area (Å²) in [5.41, 5.74) is 3.80. The molecule has 31 heavy (non-hydrogen) atoms. The third-order valence-electron chi connectivity index (χ3n) is 5.51. The van der Waals surface area contributed by atoms with E-state index in [0.29, 0.717) is 13.0 Å². The number of unbranched alkanes of at least 4 members (excludes halogenated alkanes) is 6. The Kier molecular flexibility index (Phi) is 11.8. The van der Waals surface area contributed by atoms with Crippen LogP contribution in [0.3, 0.4) is 0 Å². The summed E-state index contributed by atoms with van der Waals surface area (Å²) in [6.07, 6.45) is 10.9. The molecule has 2 rings (SSSR count). The minimum atomic E-state index is -0.247. The summed E-state index contributed by atoms with van der Waals surface area (Å²) >= 11 is 0. The van der Waals surface area contributed by atoms with Gasteiger partial charge in [-0.25, -0.2) is 0 Å². The van der Waals surface area contributed by atoms with Crippen molar-refractivity contribution < 1.29 is 14.3 Å². The van der Waals surface area contributed by atoms with Gasteiger partial charge in [0.1, 0.15) is 18.5 Å². The Bertz CT molecular complexity index is 734. The van der Waals surface area contributed by atoms with Crippen molar-refractivity contribution in [3.63, 3.8) is 0 Å². The van der Waals surface area contributed by atoms with Gasteiger partial charge in [0.05, 0.1) is 0 Å².